The Hall–Kier alpha value is -3.02. The third-order valence-electron chi connectivity index (χ3n) is 6.69. The van der Waals surface area contributed by atoms with E-state index in [9.17, 15) is 9.59 Å². The fraction of sp³-hybridized carbons (Fsp3) is 0.533. The van der Waals surface area contributed by atoms with E-state index in [0.29, 0.717) is 12.8 Å². The maximum atomic E-state index is 14.0. The summed E-state index contributed by atoms with van der Waals surface area (Å²) in [6, 6.07) is 13.6. The Morgan fingerprint density at radius 1 is 0.972 bits per heavy atom. The molecule has 36 heavy (non-hydrogen) atoms. The summed E-state index contributed by atoms with van der Waals surface area (Å²) >= 11 is 0. The van der Waals surface area contributed by atoms with Crippen molar-refractivity contribution in [1.29, 1.82) is 0 Å². The highest BCUT2D eigenvalue weighted by molar-refractivity contribution is 5.94. The van der Waals surface area contributed by atoms with Crippen molar-refractivity contribution < 1.29 is 19.1 Å². The van der Waals surface area contributed by atoms with E-state index in [0.717, 1.165) is 54.0 Å². The fourth-order valence-electron chi connectivity index (χ4n) is 4.92. The van der Waals surface area contributed by atoms with Crippen LogP contribution in [0.4, 0.5) is 5.69 Å². The van der Waals surface area contributed by atoms with Gasteiger partial charge in [-0.15, -0.1) is 0 Å². The van der Waals surface area contributed by atoms with Crippen LogP contribution in [0.5, 0.6) is 11.5 Å². The Labute approximate surface area is 217 Å². The number of ether oxygens (including phenoxy) is 2. The molecule has 2 rings (SSSR count). The molecule has 0 saturated carbocycles. The molecule has 0 aliphatic carbocycles. The molecule has 0 aliphatic heterocycles. The van der Waals surface area contributed by atoms with Crippen LogP contribution in [0.3, 0.4) is 0 Å². The number of carbonyl (C=O) groups excluding carboxylic acids is 2. The van der Waals surface area contributed by atoms with Gasteiger partial charge in [0, 0.05) is 30.6 Å². The Balaban J connectivity index is 2.45. The first-order valence-corrected chi connectivity index (χ1v) is 13.0. The zero-order chi connectivity index (χ0) is 26.7. The van der Waals surface area contributed by atoms with E-state index in [1.54, 1.807) is 21.3 Å². The Morgan fingerprint density at radius 3 is 2.17 bits per heavy atom. The van der Waals surface area contributed by atoms with Crippen LogP contribution in [-0.2, 0) is 16.0 Å². The van der Waals surface area contributed by atoms with Crippen LogP contribution < -0.4 is 20.1 Å². The molecule has 0 saturated heterocycles. The highest BCUT2D eigenvalue weighted by Crippen LogP contribution is 2.47. The van der Waals surface area contributed by atoms with Crippen molar-refractivity contribution in [2.75, 3.05) is 26.6 Å². The van der Waals surface area contributed by atoms with E-state index in [1.807, 2.05) is 42.5 Å². The molecule has 0 aromatic heterocycles. The molecule has 0 radical (unpaired) electrons. The lowest BCUT2D eigenvalue weighted by atomic mass is 9.68. The SMILES string of the molecule is CCCCCC(c1c(OC)cccc1OC)C(C(=O)Nc1cccc(CCC(=O)NC)c1)C(C)(C)C. The summed E-state index contributed by atoms with van der Waals surface area (Å²) in [6.07, 6.45) is 5.09. The highest BCUT2D eigenvalue weighted by atomic mass is 16.5. The monoisotopic (exact) mass is 496 g/mol. The maximum absolute atomic E-state index is 14.0. The zero-order valence-electron chi connectivity index (χ0n) is 23.1. The van der Waals surface area contributed by atoms with Crippen molar-refractivity contribution in [3.8, 4) is 11.5 Å². The van der Waals surface area contributed by atoms with Gasteiger partial charge in [-0.2, -0.15) is 0 Å². The number of rotatable bonds is 13. The number of carbonyl (C=O) groups is 2. The predicted molar refractivity (Wildman–Crippen MR) is 147 cm³/mol. The van der Waals surface area contributed by atoms with Gasteiger partial charge in [0.15, 0.2) is 0 Å². The number of amides is 2. The molecule has 2 unspecified atom stereocenters. The second-order valence-corrected chi connectivity index (χ2v) is 10.4. The van der Waals surface area contributed by atoms with Gasteiger partial charge < -0.3 is 20.1 Å². The minimum Gasteiger partial charge on any atom is -0.496 e. The average Bonchev–Trinajstić information content (AvgIpc) is 2.85. The topological polar surface area (TPSA) is 76.7 Å². The van der Waals surface area contributed by atoms with Gasteiger partial charge in [0.05, 0.1) is 20.1 Å². The van der Waals surface area contributed by atoms with Crippen molar-refractivity contribution in [3.05, 3.63) is 53.6 Å². The Morgan fingerprint density at radius 2 is 1.61 bits per heavy atom. The number of methoxy groups -OCH3 is 2. The lowest BCUT2D eigenvalue weighted by Crippen LogP contribution is -2.38. The third-order valence-corrected chi connectivity index (χ3v) is 6.69. The van der Waals surface area contributed by atoms with Crippen LogP contribution in [0.2, 0.25) is 0 Å². The molecule has 198 valence electrons. The van der Waals surface area contributed by atoms with Crippen molar-refractivity contribution >= 4 is 17.5 Å². The van der Waals surface area contributed by atoms with E-state index in [1.165, 1.54) is 0 Å². The molecule has 2 N–H and O–H groups in total. The van der Waals surface area contributed by atoms with Gasteiger partial charge in [-0.1, -0.05) is 65.2 Å². The van der Waals surface area contributed by atoms with E-state index >= 15 is 0 Å². The largest absolute Gasteiger partial charge is 0.496 e. The van der Waals surface area contributed by atoms with Crippen molar-refractivity contribution in [2.45, 2.75) is 72.1 Å². The number of benzene rings is 2. The minimum absolute atomic E-state index is 0.00193. The summed E-state index contributed by atoms with van der Waals surface area (Å²) in [6.45, 7) is 8.53. The number of anilines is 1. The number of unbranched alkanes of at least 4 members (excludes halogenated alkanes) is 2. The van der Waals surface area contributed by atoms with Gasteiger partial charge in [0.1, 0.15) is 11.5 Å². The summed E-state index contributed by atoms with van der Waals surface area (Å²) in [7, 11) is 4.97. The van der Waals surface area contributed by atoms with Gasteiger partial charge in [-0.3, -0.25) is 9.59 Å². The normalized spacial score (nSPS) is 13.0. The lowest BCUT2D eigenvalue weighted by molar-refractivity contribution is -0.124. The van der Waals surface area contributed by atoms with Gasteiger partial charge >= 0.3 is 0 Å². The summed E-state index contributed by atoms with van der Waals surface area (Å²) < 4.78 is 11.5. The predicted octanol–water partition coefficient (Wildman–Crippen LogP) is 6.35. The number of hydrogen-bond acceptors (Lipinski definition) is 4. The molecule has 0 bridgehead atoms. The van der Waals surface area contributed by atoms with Crippen LogP contribution in [0.25, 0.3) is 0 Å². The molecule has 0 fully saturated rings. The molecule has 6 nitrogen and oxygen atoms in total. The summed E-state index contributed by atoms with van der Waals surface area (Å²) in [4.78, 5) is 25.6. The molecule has 2 aromatic rings. The van der Waals surface area contributed by atoms with E-state index in [2.05, 4.69) is 38.3 Å². The maximum Gasteiger partial charge on any atom is 0.228 e. The highest BCUT2D eigenvalue weighted by Gasteiger charge is 2.41. The molecule has 2 atom stereocenters. The van der Waals surface area contributed by atoms with Crippen molar-refractivity contribution in [3.63, 3.8) is 0 Å². The number of hydrogen-bond donors (Lipinski definition) is 2. The summed E-state index contributed by atoms with van der Waals surface area (Å²) in [5.41, 5.74) is 2.38. The van der Waals surface area contributed by atoms with Gasteiger partial charge in [-0.05, 0) is 48.1 Å². The number of nitrogens with one attached hydrogen (secondary N) is 2. The molecular formula is C30H44N2O4. The summed E-state index contributed by atoms with van der Waals surface area (Å²) in [5, 5.41) is 5.84. The smallest absolute Gasteiger partial charge is 0.228 e. The molecule has 0 heterocycles. The molecule has 2 amide bonds. The van der Waals surface area contributed by atoms with Crippen LogP contribution in [0.1, 0.15) is 76.8 Å². The van der Waals surface area contributed by atoms with Crippen LogP contribution in [-0.4, -0.2) is 33.1 Å². The van der Waals surface area contributed by atoms with Crippen LogP contribution in [0.15, 0.2) is 42.5 Å². The van der Waals surface area contributed by atoms with Crippen LogP contribution in [0, 0.1) is 11.3 Å². The first-order chi connectivity index (χ1) is 17.2. The van der Waals surface area contributed by atoms with E-state index < -0.39 is 0 Å². The molecule has 0 aliphatic rings. The van der Waals surface area contributed by atoms with Gasteiger partial charge in [0.2, 0.25) is 11.8 Å². The fourth-order valence-corrected chi connectivity index (χ4v) is 4.92. The second kappa shape index (κ2) is 13.9. The van der Waals surface area contributed by atoms with E-state index in [-0.39, 0.29) is 29.1 Å². The third kappa shape index (κ3) is 8.00. The van der Waals surface area contributed by atoms with Gasteiger partial charge in [0.25, 0.3) is 0 Å². The molecule has 2 aromatic carbocycles. The average molecular weight is 497 g/mol. The lowest BCUT2D eigenvalue weighted by Gasteiger charge is -2.37. The quantitative estimate of drug-likeness (QED) is 0.317. The zero-order valence-corrected chi connectivity index (χ0v) is 23.1. The summed E-state index contributed by atoms with van der Waals surface area (Å²) in [5.74, 6) is 1.05. The Kier molecular flexibility index (Phi) is 11.3. The Bertz CT molecular complexity index is 974. The molecule has 0 spiro atoms. The minimum atomic E-state index is -0.325. The standard InChI is InChI=1S/C30H44N2O4/c1-8-9-10-15-23(27-24(35-6)16-12-17-25(27)36-7)28(30(2,3)4)29(34)32-22-14-11-13-21(20-22)18-19-26(33)31-5/h11-14,16-17,20,23,28H,8-10,15,18-19H2,1-7H3,(H,31,33)(H,32,34). The first kappa shape index (κ1) is 29.2. The van der Waals surface area contributed by atoms with E-state index in [4.69, 9.17) is 9.47 Å². The van der Waals surface area contributed by atoms with Crippen molar-refractivity contribution in [1.82, 2.24) is 5.32 Å². The first-order valence-electron chi connectivity index (χ1n) is 13.0. The van der Waals surface area contributed by atoms with Gasteiger partial charge in [-0.25, -0.2) is 0 Å². The molecule has 6 heteroatoms. The number of aryl methyl sites for hydroxylation is 1. The van der Waals surface area contributed by atoms with Crippen molar-refractivity contribution in [2.24, 2.45) is 11.3 Å². The second-order valence-electron chi connectivity index (χ2n) is 10.4. The van der Waals surface area contributed by atoms with Crippen LogP contribution >= 0.6 is 0 Å². The molecular weight excluding hydrogens is 452 g/mol.